The fourth-order valence-electron chi connectivity index (χ4n) is 2.00. The van der Waals surface area contributed by atoms with Gasteiger partial charge in [-0.15, -0.1) is 0 Å². The van der Waals surface area contributed by atoms with Crippen molar-refractivity contribution in [1.82, 2.24) is 0 Å². The lowest BCUT2D eigenvalue weighted by Gasteiger charge is -2.15. The highest BCUT2D eigenvalue weighted by atomic mass is 19.1. The van der Waals surface area contributed by atoms with E-state index in [1.807, 2.05) is 38.1 Å². The van der Waals surface area contributed by atoms with Crippen molar-refractivity contribution in [3.05, 3.63) is 47.8 Å². The first-order valence-corrected chi connectivity index (χ1v) is 7.11. The fraction of sp³-hybridized carbons (Fsp3) is 0.294. The van der Waals surface area contributed by atoms with Gasteiger partial charge in [0, 0.05) is 17.8 Å². The van der Waals surface area contributed by atoms with Crippen LogP contribution in [0, 0.1) is 5.82 Å². The standard InChI is InChI=1S/C17H21FN2O/c1-4-12-5-7-13(8-6-12)20-16-10-17(21-11(2)3)14(18)9-15(16)19/h5-11,20H,4,19H2,1-3H3. The molecule has 3 N–H and O–H groups in total. The number of nitrogens with one attached hydrogen (secondary N) is 1. The van der Waals surface area contributed by atoms with Crippen molar-refractivity contribution < 1.29 is 9.13 Å². The molecule has 0 aliphatic rings. The fourth-order valence-corrected chi connectivity index (χ4v) is 2.00. The molecule has 112 valence electrons. The van der Waals surface area contributed by atoms with E-state index < -0.39 is 5.82 Å². The molecule has 0 saturated heterocycles. The summed E-state index contributed by atoms with van der Waals surface area (Å²) in [7, 11) is 0. The van der Waals surface area contributed by atoms with Crippen LogP contribution in [0.3, 0.4) is 0 Å². The van der Waals surface area contributed by atoms with Crippen LogP contribution in [0.25, 0.3) is 0 Å². The van der Waals surface area contributed by atoms with E-state index in [0.717, 1.165) is 12.1 Å². The molecule has 0 atom stereocenters. The minimum atomic E-state index is -0.451. The van der Waals surface area contributed by atoms with E-state index in [2.05, 4.69) is 12.2 Å². The third-order valence-corrected chi connectivity index (χ3v) is 3.11. The van der Waals surface area contributed by atoms with Crippen molar-refractivity contribution in [3.63, 3.8) is 0 Å². The Kier molecular flexibility index (Phi) is 4.68. The minimum Gasteiger partial charge on any atom is -0.488 e. The van der Waals surface area contributed by atoms with Crippen LogP contribution in [-0.2, 0) is 6.42 Å². The van der Waals surface area contributed by atoms with E-state index in [9.17, 15) is 4.39 Å². The van der Waals surface area contributed by atoms with Crippen LogP contribution in [0.15, 0.2) is 36.4 Å². The second-order valence-electron chi connectivity index (χ2n) is 5.21. The van der Waals surface area contributed by atoms with Gasteiger partial charge in [0.1, 0.15) is 0 Å². The molecular formula is C17H21FN2O. The largest absolute Gasteiger partial charge is 0.488 e. The van der Waals surface area contributed by atoms with Crippen molar-refractivity contribution in [3.8, 4) is 5.75 Å². The summed E-state index contributed by atoms with van der Waals surface area (Å²) in [6, 6.07) is 10.9. The first kappa shape index (κ1) is 15.2. The summed E-state index contributed by atoms with van der Waals surface area (Å²) in [5.74, 6) is -0.250. The number of ether oxygens (including phenoxy) is 1. The summed E-state index contributed by atoms with van der Waals surface area (Å²) in [5, 5.41) is 3.19. The third kappa shape index (κ3) is 3.88. The molecule has 0 unspecified atom stereocenters. The monoisotopic (exact) mass is 288 g/mol. The number of nitrogens with two attached hydrogens (primary N) is 1. The van der Waals surface area contributed by atoms with Gasteiger partial charge in [-0.1, -0.05) is 19.1 Å². The summed E-state index contributed by atoms with van der Waals surface area (Å²) in [6.07, 6.45) is 0.894. The van der Waals surface area contributed by atoms with Gasteiger partial charge in [-0.2, -0.15) is 0 Å². The summed E-state index contributed by atoms with van der Waals surface area (Å²) >= 11 is 0. The highest BCUT2D eigenvalue weighted by Crippen LogP contribution is 2.31. The van der Waals surface area contributed by atoms with E-state index in [-0.39, 0.29) is 11.9 Å². The number of rotatable bonds is 5. The lowest BCUT2D eigenvalue weighted by Crippen LogP contribution is -2.08. The molecule has 0 aliphatic carbocycles. The Hall–Kier alpha value is -2.23. The maximum absolute atomic E-state index is 13.8. The zero-order valence-corrected chi connectivity index (χ0v) is 12.6. The number of hydrogen-bond donors (Lipinski definition) is 2. The van der Waals surface area contributed by atoms with Gasteiger partial charge in [-0.05, 0) is 38.0 Å². The molecule has 0 heterocycles. The Morgan fingerprint density at radius 2 is 1.86 bits per heavy atom. The Morgan fingerprint density at radius 1 is 1.19 bits per heavy atom. The summed E-state index contributed by atoms with van der Waals surface area (Å²) in [4.78, 5) is 0. The molecule has 0 radical (unpaired) electrons. The second kappa shape index (κ2) is 6.48. The predicted octanol–water partition coefficient (Wildman–Crippen LogP) is 4.50. The molecule has 2 aromatic rings. The van der Waals surface area contributed by atoms with E-state index in [0.29, 0.717) is 11.4 Å². The van der Waals surface area contributed by atoms with Crippen LogP contribution in [0.1, 0.15) is 26.3 Å². The van der Waals surface area contributed by atoms with Gasteiger partial charge in [0.05, 0.1) is 17.5 Å². The molecule has 0 spiro atoms. The van der Waals surface area contributed by atoms with Crippen LogP contribution >= 0.6 is 0 Å². The smallest absolute Gasteiger partial charge is 0.167 e. The SMILES string of the molecule is CCc1ccc(Nc2cc(OC(C)C)c(F)cc2N)cc1. The van der Waals surface area contributed by atoms with E-state index in [4.69, 9.17) is 10.5 Å². The zero-order valence-electron chi connectivity index (χ0n) is 12.6. The average Bonchev–Trinajstić information content (AvgIpc) is 2.44. The molecule has 21 heavy (non-hydrogen) atoms. The van der Waals surface area contributed by atoms with Crippen molar-refractivity contribution in [2.75, 3.05) is 11.1 Å². The lowest BCUT2D eigenvalue weighted by atomic mass is 10.1. The maximum Gasteiger partial charge on any atom is 0.167 e. The van der Waals surface area contributed by atoms with Crippen LogP contribution < -0.4 is 15.8 Å². The predicted molar refractivity (Wildman–Crippen MR) is 85.7 cm³/mol. The molecule has 2 aromatic carbocycles. The van der Waals surface area contributed by atoms with Gasteiger partial charge in [-0.25, -0.2) is 4.39 Å². The number of aryl methyl sites for hydroxylation is 1. The first-order valence-electron chi connectivity index (χ1n) is 7.11. The van der Waals surface area contributed by atoms with Crippen LogP contribution in [-0.4, -0.2) is 6.10 Å². The van der Waals surface area contributed by atoms with Crippen molar-refractivity contribution in [2.24, 2.45) is 0 Å². The molecule has 0 fully saturated rings. The average molecular weight is 288 g/mol. The molecular weight excluding hydrogens is 267 g/mol. The molecule has 0 amide bonds. The summed E-state index contributed by atoms with van der Waals surface area (Å²) in [6.45, 7) is 5.81. The highest BCUT2D eigenvalue weighted by Gasteiger charge is 2.10. The van der Waals surface area contributed by atoms with Crippen LogP contribution in [0.4, 0.5) is 21.5 Å². The van der Waals surface area contributed by atoms with Gasteiger partial charge in [-0.3, -0.25) is 0 Å². The summed E-state index contributed by atoms with van der Waals surface area (Å²) in [5.41, 5.74) is 9.02. The van der Waals surface area contributed by atoms with Crippen molar-refractivity contribution in [1.29, 1.82) is 0 Å². The Bertz CT molecular complexity index is 609. The zero-order chi connectivity index (χ0) is 15.4. The maximum atomic E-state index is 13.8. The topological polar surface area (TPSA) is 47.3 Å². The molecule has 0 aromatic heterocycles. The van der Waals surface area contributed by atoms with Gasteiger partial charge < -0.3 is 15.8 Å². The van der Waals surface area contributed by atoms with Crippen molar-refractivity contribution in [2.45, 2.75) is 33.3 Å². The number of hydrogen-bond acceptors (Lipinski definition) is 3. The molecule has 0 saturated carbocycles. The quantitative estimate of drug-likeness (QED) is 0.796. The van der Waals surface area contributed by atoms with Crippen molar-refractivity contribution >= 4 is 17.1 Å². The summed E-state index contributed by atoms with van der Waals surface area (Å²) < 4.78 is 19.2. The molecule has 3 nitrogen and oxygen atoms in total. The minimum absolute atomic E-state index is 0.0974. The first-order chi connectivity index (χ1) is 9.99. The number of halogens is 1. The van der Waals surface area contributed by atoms with Crippen LogP contribution in [0.2, 0.25) is 0 Å². The molecule has 0 bridgehead atoms. The lowest BCUT2D eigenvalue weighted by molar-refractivity contribution is 0.231. The number of benzene rings is 2. The van der Waals surface area contributed by atoms with E-state index >= 15 is 0 Å². The molecule has 4 heteroatoms. The van der Waals surface area contributed by atoms with Gasteiger partial charge in [0.2, 0.25) is 0 Å². The Morgan fingerprint density at radius 3 is 2.43 bits per heavy atom. The number of nitrogen functional groups attached to an aromatic ring is 1. The molecule has 0 aliphatic heterocycles. The van der Waals surface area contributed by atoms with E-state index in [1.165, 1.54) is 11.6 Å². The van der Waals surface area contributed by atoms with Gasteiger partial charge in [0.15, 0.2) is 11.6 Å². The molecule has 2 rings (SSSR count). The highest BCUT2D eigenvalue weighted by molar-refractivity contribution is 5.74. The Labute approximate surface area is 124 Å². The normalized spacial score (nSPS) is 10.7. The second-order valence-corrected chi connectivity index (χ2v) is 5.21. The third-order valence-electron chi connectivity index (χ3n) is 3.11. The van der Waals surface area contributed by atoms with Gasteiger partial charge in [0.25, 0.3) is 0 Å². The Balaban J connectivity index is 2.25. The number of anilines is 3. The van der Waals surface area contributed by atoms with Gasteiger partial charge >= 0.3 is 0 Å². The van der Waals surface area contributed by atoms with Crippen LogP contribution in [0.5, 0.6) is 5.75 Å². The van der Waals surface area contributed by atoms with E-state index in [1.54, 1.807) is 6.07 Å².